The van der Waals surface area contributed by atoms with Gasteiger partial charge in [-0.05, 0) is 37.3 Å². The molecule has 6 heteroatoms. The lowest BCUT2D eigenvalue weighted by Crippen LogP contribution is -2.09. The van der Waals surface area contributed by atoms with E-state index in [9.17, 15) is 9.59 Å². The SMILES string of the molecule is CCOCOc1ccccc1C(=O)c1ccc(C(=O)O)c(OC)c1. The second kappa shape index (κ2) is 8.12. The van der Waals surface area contributed by atoms with Crippen LogP contribution in [-0.2, 0) is 4.74 Å². The molecule has 0 atom stereocenters. The maximum Gasteiger partial charge on any atom is 0.339 e. The summed E-state index contributed by atoms with van der Waals surface area (Å²) >= 11 is 0. The fraction of sp³-hybridized carbons (Fsp3) is 0.222. The average Bonchev–Trinajstić information content (AvgIpc) is 2.61. The lowest BCUT2D eigenvalue weighted by molar-refractivity contribution is 0.0220. The second-order valence-electron chi connectivity index (χ2n) is 4.80. The van der Waals surface area contributed by atoms with Gasteiger partial charge >= 0.3 is 5.97 Å². The summed E-state index contributed by atoms with van der Waals surface area (Å²) in [6, 6.07) is 11.0. The lowest BCUT2D eigenvalue weighted by Gasteiger charge is -2.11. The normalized spacial score (nSPS) is 10.2. The van der Waals surface area contributed by atoms with Crippen molar-refractivity contribution in [2.45, 2.75) is 6.92 Å². The number of benzene rings is 2. The molecule has 2 aromatic rings. The quantitative estimate of drug-likeness (QED) is 0.455. The van der Waals surface area contributed by atoms with Gasteiger partial charge in [-0.2, -0.15) is 0 Å². The molecule has 0 radical (unpaired) electrons. The Morgan fingerprint density at radius 3 is 2.46 bits per heavy atom. The molecule has 6 nitrogen and oxygen atoms in total. The van der Waals surface area contributed by atoms with Crippen LogP contribution in [0.1, 0.15) is 33.2 Å². The number of ketones is 1. The number of ether oxygens (including phenoxy) is 3. The molecule has 0 amide bonds. The Balaban J connectivity index is 2.34. The summed E-state index contributed by atoms with van der Waals surface area (Å²) < 4.78 is 15.7. The van der Waals surface area contributed by atoms with Gasteiger partial charge in [-0.15, -0.1) is 0 Å². The fourth-order valence-electron chi connectivity index (χ4n) is 2.13. The van der Waals surface area contributed by atoms with Gasteiger partial charge in [-0.3, -0.25) is 4.79 Å². The van der Waals surface area contributed by atoms with E-state index in [1.165, 1.54) is 25.3 Å². The molecular formula is C18H18O6. The fourth-order valence-corrected chi connectivity index (χ4v) is 2.13. The monoisotopic (exact) mass is 330 g/mol. The number of hydrogen-bond acceptors (Lipinski definition) is 5. The van der Waals surface area contributed by atoms with E-state index in [2.05, 4.69) is 0 Å². The first-order valence-corrected chi connectivity index (χ1v) is 7.34. The van der Waals surface area contributed by atoms with Crippen molar-refractivity contribution >= 4 is 11.8 Å². The maximum atomic E-state index is 12.7. The third kappa shape index (κ3) is 3.91. The molecule has 0 spiro atoms. The zero-order valence-electron chi connectivity index (χ0n) is 13.4. The van der Waals surface area contributed by atoms with Crippen molar-refractivity contribution in [3.05, 3.63) is 59.2 Å². The number of rotatable bonds is 8. The number of carboxylic acid groups (broad SMARTS) is 1. The van der Waals surface area contributed by atoms with Gasteiger partial charge < -0.3 is 19.3 Å². The molecule has 0 saturated heterocycles. The van der Waals surface area contributed by atoms with Crippen LogP contribution in [0.25, 0.3) is 0 Å². The Hall–Kier alpha value is -2.86. The highest BCUT2D eigenvalue weighted by molar-refractivity contribution is 6.11. The number of carbonyl (C=O) groups is 2. The molecule has 0 aliphatic rings. The molecule has 0 aromatic heterocycles. The molecule has 0 heterocycles. The molecule has 1 N–H and O–H groups in total. The van der Waals surface area contributed by atoms with E-state index in [4.69, 9.17) is 19.3 Å². The Morgan fingerprint density at radius 1 is 1.04 bits per heavy atom. The molecule has 0 unspecified atom stereocenters. The summed E-state index contributed by atoms with van der Waals surface area (Å²) in [6.07, 6.45) is 0. The van der Waals surface area contributed by atoms with Crippen LogP contribution in [0.15, 0.2) is 42.5 Å². The van der Waals surface area contributed by atoms with Crippen molar-refractivity contribution in [1.29, 1.82) is 0 Å². The molecule has 2 rings (SSSR count). The predicted molar refractivity (Wildman–Crippen MR) is 86.9 cm³/mol. The van der Waals surface area contributed by atoms with Crippen LogP contribution < -0.4 is 9.47 Å². The van der Waals surface area contributed by atoms with Gasteiger partial charge in [0.15, 0.2) is 12.6 Å². The van der Waals surface area contributed by atoms with Crippen molar-refractivity contribution in [2.75, 3.05) is 20.5 Å². The number of aromatic carboxylic acids is 1. The van der Waals surface area contributed by atoms with Crippen LogP contribution in [0.3, 0.4) is 0 Å². The molecule has 0 aliphatic carbocycles. The van der Waals surface area contributed by atoms with Gasteiger partial charge in [-0.25, -0.2) is 4.79 Å². The van der Waals surface area contributed by atoms with E-state index < -0.39 is 5.97 Å². The summed E-state index contributed by atoms with van der Waals surface area (Å²) in [5.41, 5.74) is 0.668. The van der Waals surface area contributed by atoms with Crippen LogP contribution in [0.5, 0.6) is 11.5 Å². The van der Waals surface area contributed by atoms with Gasteiger partial charge in [0.2, 0.25) is 0 Å². The highest BCUT2D eigenvalue weighted by Gasteiger charge is 2.18. The first kappa shape index (κ1) is 17.5. The molecule has 126 valence electrons. The van der Waals surface area contributed by atoms with E-state index >= 15 is 0 Å². The van der Waals surface area contributed by atoms with Crippen LogP contribution in [-0.4, -0.2) is 37.4 Å². The minimum absolute atomic E-state index is 0.00469. The summed E-state index contributed by atoms with van der Waals surface area (Å²) in [5, 5.41) is 9.11. The van der Waals surface area contributed by atoms with Crippen molar-refractivity contribution in [3.63, 3.8) is 0 Å². The molecule has 0 aliphatic heterocycles. The van der Waals surface area contributed by atoms with E-state index in [0.29, 0.717) is 23.5 Å². The summed E-state index contributed by atoms with van der Waals surface area (Å²) in [6.45, 7) is 2.39. The van der Waals surface area contributed by atoms with Gasteiger partial charge in [0.25, 0.3) is 0 Å². The third-order valence-electron chi connectivity index (χ3n) is 3.33. The number of carboxylic acids is 1. The number of hydrogen-bond donors (Lipinski definition) is 1. The highest BCUT2D eigenvalue weighted by Crippen LogP contribution is 2.25. The zero-order chi connectivity index (χ0) is 17.5. The minimum Gasteiger partial charge on any atom is -0.496 e. The van der Waals surface area contributed by atoms with Crippen molar-refractivity contribution < 1.29 is 28.9 Å². The average molecular weight is 330 g/mol. The number of carbonyl (C=O) groups excluding carboxylic acids is 1. The van der Waals surface area contributed by atoms with E-state index in [-0.39, 0.29) is 23.9 Å². The number of methoxy groups -OCH3 is 1. The summed E-state index contributed by atoms with van der Waals surface area (Å²) in [4.78, 5) is 23.9. The molecular weight excluding hydrogens is 312 g/mol. The van der Waals surface area contributed by atoms with Crippen LogP contribution in [0.2, 0.25) is 0 Å². The van der Waals surface area contributed by atoms with E-state index in [0.717, 1.165) is 0 Å². The first-order chi connectivity index (χ1) is 11.6. The van der Waals surface area contributed by atoms with Gasteiger partial charge in [0, 0.05) is 12.2 Å². The first-order valence-electron chi connectivity index (χ1n) is 7.34. The van der Waals surface area contributed by atoms with Crippen molar-refractivity contribution in [1.82, 2.24) is 0 Å². The Labute approximate surface area is 139 Å². The standard InChI is InChI=1S/C18H18O6/c1-3-23-11-24-15-7-5-4-6-13(15)17(19)12-8-9-14(18(20)21)16(10-12)22-2/h4-10H,3,11H2,1-2H3,(H,20,21). The zero-order valence-corrected chi connectivity index (χ0v) is 13.4. The van der Waals surface area contributed by atoms with Crippen molar-refractivity contribution in [2.24, 2.45) is 0 Å². The molecule has 0 saturated carbocycles. The van der Waals surface area contributed by atoms with E-state index in [1.807, 2.05) is 6.92 Å². The van der Waals surface area contributed by atoms with Crippen molar-refractivity contribution in [3.8, 4) is 11.5 Å². The smallest absolute Gasteiger partial charge is 0.339 e. The summed E-state index contributed by atoms with van der Waals surface area (Å²) in [7, 11) is 1.36. The van der Waals surface area contributed by atoms with Crippen LogP contribution >= 0.6 is 0 Å². The predicted octanol–water partition coefficient (Wildman–Crippen LogP) is 3.00. The minimum atomic E-state index is -1.12. The van der Waals surface area contributed by atoms with E-state index in [1.54, 1.807) is 24.3 Å². The molecule has 24 heavy (non-hydrogen) atoms. The summed E-state index contributed by atoms with van der Waals surface area (Å²) in [5.74, 6) is -0.887. The number of para-hydroxylation sites is 1. The largest absolute Gasteiger partial charge is 0.496 e. The van der Waals surface area contributed by atoms with Crippen LogP contribution in [0, 0.1) is 0 Å². The Bertz CT molecular complexity index is 738. The van der Waals surface area contributed by atoms with Gasteiger partial charge in [0.1, 0.15) is 17.1 Å². The topological polar surface area (TPSA) is 82.1 Å². The lowest BCUT2D eigenvalue weighted by atomic mass is 10.0. The molecule has 2 aromatic carbocycles. The maximum absolute atomic E-state index is 12.7. The molecule has 0 fully saturated rings. The Morgan fingerprint density at radius 2 is 1.79 bits per heavy atom. The second-order valence-corrected chi connectivity index (χ2v) is 4.80. The Kier molecular flexibility index (Phi) is 5.92. The highest BCUT2D eigenvalue weighted by atomic mass is 16.7. The van der Waals surface area contributed by atoms with Gasteiger partial charge in [-0.1, -0.05) is 12.1 Å². The van der Waals surface area contributed by atoms with Crippen LogP contribution in [0.4, 0.5) is 0 Å². The molecule has 0 bridgehead atoms. The third-order valence-corrected chi connectivity index (χ3v) is 3.33. The van der Waals surface area contributed by atoms with Gasteiger partial charge in [0.05, 0.1) is 12.7 Å².